The summed E-state index contributed by atoms with van der Waals surface area (Å²) in [6.45, 7) is 2.31. The summed E-state index contributed by atoms with van der Waals surface area (Å²) in [4.78, 5) is 38.3. The molecule has 0 bridgehead atoms. The van der Waals surface area contributed by atoms with Gasteiger partial charge >= 0.3 is 5.97 Å². The Labute approximate surface area is 154 Å². The molecule has 0 saturated carbocycles. The second kappa shape index (κ2) is 9.22. The molecule has 10 heteroatoms. The molecular weight excluding hydrogens is 356 g/mol. The minimum Gasteiger partial charge on any atom is -0.466 e. The molecule has 1 heterocycles. The van der Waals surface area contributed by atoms with E-state index in [1.165, 1.54) is 12.1 Å². The summed E-state index contributed by atoms with van der Waals surface area (Å²) < 4.78 is 4.91. The number of rotatable bonds is 9. The standard InChI is InChI=1S/C17H18N4O6/c1-2-27-17(22)7-9-19(12-13-4-3-8-18-11-13)15-6-5-14(20(23)24)10-16(15)21(25)26/h3-6,8,10-11H,2,7,9,12H2,1H3. The number of pyridine rings is 1. The van der Waals surface area contributed by atoms with Crippen LogP contribution in [0, 0.1) is 20.2 Å². The number of hydrogen-bond acceptors (Lipinski definition) is 8. The van der Waals surface area contributed by atoms with Crippen molar-refractivity contribution in [1.29, 1.82) is 0 Å². The lowest BCUT2D eigenvalue weighted by atomic mass is 10.2. The highest BCUT2D eigenvalue weighted by Gasteiger charge is 2.24. The Kier molecular flexibility index (Phi) is 6.75. The van der Waals surface area contributed by atoms with E-state index in [9.17, 15) is 25.0 Å². The number of nitro benzene ring substituents is 2. The van der Waals surface area contributed by atoms with E-state index >= 15 is 0 Å². The highest BCUT2D eigenvalue weighted by atomic mass is 16.6. The van der Waals surface area contributed by atoms with Crippen LogP contribution in [-0.4, -0.2) is 34.0 Å². The van der Waals surface area contributed by atoms with Crippen molar-refractivity contribution >= 4 is 23.0 Å². The number of carbonyl (C=O) groups is 1. The van der Waals surface area contributed by atoms with E-state index in [4.69, 9.17) is 4.74 Å². The Hall–Kier alpha value is -3.56. The molecule has 0 unspecified atom stereocenters. The van der Waals surface area contributed by atoms with E-state index < -0.39 is 21.5 Å². The summed E-state index contributed by atoms with van der Waals surface area (Å²) in [7, 11) is 0. The molecule has 10 nitrogen and oxygen atoms in total. The molecule has 0 atom stereocenters. The Morgan fingerprint density at radius 2 is 2.00 bits per heavy atom. The molecule has 0 aliphatic carbocycles. The summed E-state index contributed by atoms with van der Waals surface area (Å²) in [5.74, 6) is -0.432. The Bertz CT molecular complexity index is 827. The van der Waals surface area contributed by atoms with Crippen LogP contribution in [-0.2, 0) is 16.1 Å². The van der Waals surface area contributed by atoms with Crippen molar-refractivity contribution in [1.82, 2.24) is 4.98 Å². The van der Waals surface area contributed by atoms with Gasteiger partial charge in [0.25, 0.3) is 11.4 Å². The van der Waals surface area contributed by atoms with Crippen molar-refractivity contribution in [3.8, 4) is 0 Å². The van der Waals surface area contributed by atoms with Gasteiger partial charge in [0.1, 0.15) is 5.69 Å². The third-order valence-electron chi connectivity index (χ3n) is 3.69. The molecule has 0 fully saturated rings. The van der Waals surface area contributed by atoms with E-state index in [0.717, 1.165) is 11.6 Å². The Balaban J connectivity index is 2.37. The van der Waals surface area contributed by atoms with Crippen molar-refractivity contribution in [2.75, 3.05) is 18.1 Å². The van der Waals surface area contributed by atoms with Crippen molar-refractivity contribution in [3.05, 3.63) is 68.5 Å². The molecule has 1 aromatic heterocycles. The van der Waals surface area contributed by atoms with Crippen LogP contribution in [0.5, 0.6) is 0 Å². The van der Waals surface area contributed by atoms with Gasteiger partial charge in [0.15, 0.2) is 0 Å². The second-order valence-electron chi connectivity index (χ2n) is 5.53. The lowest BCUT2D eigenvalue weighted by Gasteiger charge is -2.24. The fraction of sp³-hybridized carbons (Fsp3) is 0.294. The lowest BCUT2D eigenvalue weighted by Crippen LogP contribution is -2.27. The van der Waals surface area contributed by atoms with Gasteiger partial charge in [0.2, 0.25) is 0 Å². The summed E-state index contributed by atoms with van der Waals surface area (Å²) in [5.41, 5.74) is 0.168. The molecule has 0 amide bonds. The first-order valence-electron chi connectivity index (χ1n) is 8.14. The molecule has 0 saturated heterocycles. The maximum atomic E-state index is 11.7. The predicted octanol–water partition coefficient (Wildman–Crippen LogP) is 2.86. The van der Waals surface area contributed by atoms with Gasteiger partial charge in [-0.05, 0) is 24.6 Å². The van der Waals surface area contributed by atoms with Gasteiger partial charge in [-0.3, -0.25) is 30.0 Å². The zero-order valence-electron chi connectivity index (χ0n) is 14.6. The van der Waals surface area contributed by atoms with Crippen LogP contribution in [0.25, 0.3) is 0 Å². The number of nitro groups is 2. The average molecular weight is 374 g/mol. The van der Waals surface area contributed by atoms with E-state index in [0.29, 0.717) is 0 Å². The molecule has 2 aromatic rings. The van der Waals surface area contributed by atoms with Crippen molar-refractivity contribution in [2.24, 2.45) is 0 Å². The van der Waals surface area contributed by atoms with Crippen LogP contribution in [0.1, 0.15) is 18.9 Å². The van der Waals surface area contributed by atoms with Gasteiger partial charge < -0.3 is 9.64 Å². The minimum atomic E-state index is -0.694. The van der Waals surface area contributed by atoms with Gasteiger partial charge in [-0.15, -0.1) is 0 Å². The number of non-ortho nitro benzene ring substituents is 1. The van der Waals surface area contributed by atoms with Gasteiger partial charge in [-0.2, -0.15) is 0 Å². The summed E-state index contributed by atoms with van der Waals surface area (Å²) in [6.07, 6.45) is 3.22. The Morgan fingerprint density at radius 3 is 2.59 bits per heavy atom. The first-order chi connectivity index (χ1) is 12.9. The van der Waals surface area contributed by atoms with E-state index in [-0.39, 0.29) is 37.5 Å². The number of hydrogen-bond donors (Lipinski definition) is 0. The van der Waals surface area contributed by atoms with Gasteiger partial charge in [-0.1, -0.05) is 6.07 Å². The van der Waals surface area contributed by atoms with Gasteiger partial charge in [0.05, 0.1) is 28.9 Å². The van der Waals surface area contributed by atoms with Crippen LogP contribution >= 0.6 is 0 Å². The summed E-state index contributed by atoms with van der Waals surface area (Å²) in [5, 5.41) is 22.4. The molecule has 0 N–H and O–H groups in total. The van der Waals surface area contributed by atoms with E-state index in [1.807, 2.05) is 0 Å². The molecule has 0 radical (unpaired) electrons. The number of carbonyl (C=O) groups excluding carboxylic acids is 1. The molecule has 27 heavy (non-hydrogen) atoms. The number of nitrogens with zero attached hydrogens (tertiary/aromatic N) is 4. The lowest BCUT2D eigenvalue weighted by molar-refractivity contribution is -0.393. The number of benzene rings is 1. The molecule has 0 aliphatic rings. The minimum absolute atomic E-state index is 0.0161. The van der Waals surface area contributed by atoms with Crippen molar-refractivity contribution < 1.29 is 19.4 Å². The fourth-order valence-corrected chi connectivity index (χ4v) is 2.50. The molecular formula is C17H18N4O6. The van der Waals surface area contributed by atoms with Crippen LogP contribution in [0.3, 0.4) is 0 Å². The van der Waals surface area contributed by atoms with Gasteiger partial charge in [0, 0.05) is 31.5 Å². The monoisotopic (exact) mass is 374 g/mol. The normalized spacial score (nSPS) is 10.3. The number of ether oxygens (including phenoxy) is 1. The SMILES string of the molecule is CCOC(=O)CCN(Cc1cccnc1)c1ccc([N+](=O)[O-])cc1[N+](=O)[O-]. The molecule has 1 aromatic carbocycles. The first-order valence-corrected chi connectivity index (χ1v) is 8.14. The predicted molar refractivity (Wildman–Crippen MR) is 96.3 cm³/mol. The topological polar surface area (TPSA) is 129 Å². The van der Waals surface area contributed by atoms with E-state index in [1.54, 1.807) is 36.4 Å². The first kappa shape index (κ1) is 19.8. The average Bonchev–Trinajstić information content (AvgIpc) is 2.65. The summed E-state index contributed by atoms with van der Waals surface area (Å²) in [6, 6.07) is 6.95. The van der Waals surface area contributed by atoms with E-state index in [2.05, 4.69) is 4.98 Å². The largest absolute Gasteiger partial charge is 0.466 e. The zero-order valence-corrected chi connectivity index (χ0v) is 14.6. The highest BCUT2D eigenvalue weighted by Crippen LogP contribution is 2.33. The van der Waals surface area contributed by atoms with Crippen LogP contribution < -0.4 is 4.90 Å². The number of esters is 1. The third-order valence-corrected chi connectivity index (χ3v) is 3.69. The molecule has 0 aliphatic heterocycles. The zero-order chi connectivity index (χ0) is 19.8. The third kappa shape index (κ3) is 5.46. The number of anilines is 1. The van der Waals surface area contributed by atoms with Crippen molar-refractivity contribution in [3.63, 3.8) is 0 Å². The quantitative estimate of drug-likeness (QED) is 0.372. The maximum Gasteiger partial charge on any atom is 0.307 e. The molecule has 0 spiro atoms. The number of aromatic nitrogens is 1. The summed E-state index contributed by atoms with van der Waals surface area (Å²) >= 11 is 0. The smallest absolute Gasteiger partial charge is 0.307 e. The van der Waals surface area contributed by atoms with Crippen molar-refractivity contribution in [2.45, 2.75) is 19.9 Å². The highest BCUT2D eigenvalue weighted by molar-refractivity contribution is 5.72. The van der Waals surface area contributed by atoms with Crippen LogP contribution in [0.4, 0.5) is 17.1 Å². The van der Waals surface area contributed by atoms with Crippen LogP contribution in [0.15, 0.2) is 42.7 Å². The molecule has 142 valence electrons. The second-order valence-corrected chi connectivity index (χ2v) is 5.53. The van der Waals surface area contributed by atoms with Gasteiger partial charge in [-0.25, -0.2) is 0 Å². The van der Waals surface area contributed by atoms with Crippen LogP contribution in [0.2, 0.25) is 0 Å². The maximum absolute atomic E-state index is 11.7. The Morgan fingerprint density at radius 1 is 1.22 bits per heavy atom. The fourth-order valence-electron chi connectivity index (χ4n) is 2.50. The molecule has 2 rings (SSSR count).